The Morgan fingerprint density at radius 1 is 1.16 bits per heavy atom. The number of aliphatic imine (C=N–C) groups is 1. The number of aromatic nitrogens is 1. The maximum Gasteiger partial charge on any atom is 0.191 e. The van der Waals surface area contributed by atoms with Gasteiger partial charge in [-0.05, 0) is 43.5 Å². The van der Waals surface area contributed by atoms with E-state index in [4.69, 9.17) is 4.99 Å². The van der Waals surface area contributed by atoms with Gasteiger partial charge in [-0.2, -0.15) is 0 Å². The Hall–Kier alpha value is -1.89. The molecule has 0 radical (unpaired) electrons. The van der Waals surface area contributed by atoms with Crippen LogP contribution in [0.4, 0.5) is 0 Å². The van der Waals surface area contributed by atoms with Gasteiger partial charge in [0.15, 0.2) is 5.96 Å². The lowest BCUT2D eigenvalue weighted by molar-refractivity contribution is 0.633. The first-order valence-electron chi connectivity index (χ1n) is 8.55. The van der Waals surface area contributed by atoms with Crippen LogP contribution in [-0.4, -0.2) is 23.5 Å². The standard InChI is InChI=1S/C20H24N4.HI/c1-2-21-20(24-18-10-3-4-11-18)23-15-16-8-7-9-17(14-16)19-12-5-6-13-22-19;/h3-9,12-14,18H,2,10-11,15H2,1H3,(H2,21,23,24);1H. The summed E-state index contributed by atoms with van der Waals surface area (Å²) in [5.74, 6) is 0.884. The van der Waals surface area contributed by atoms with Gasteiger partial charge in [-0.25, -0.2) is 4.99 Å². The monoisotopic (exact) mass is 448 g/mol. The third-order valence-electron chi connectivity index (χ3n) is 4.00. The van der Waals surface area contributed by atoms with Gasteiger partial charge in [-0.3, -0.25) is 4.98 Å². The van der Waals surface area contributed by atoms with Gasteiger partial charge in [0, 0.05) is 24.3 Å². The minimum absolute atomic E-state index is 0. The van der Waals surface area contributed by atoms with Gasteiger partial charge in [0.1, 0.15) is 0 Å². The van der Waals surface area contributed by atoms with Crippen molar-refractivity contribution < 1.29 is 0 Å². The molecule has 1 heterocycles. The molecular weight excluding hydrogens is 423 g/mol. The topological polar surface area (TPSA) is 49.3 Å². The van der Waals surface area contributed by atoms with Crippen LogP contribution in [0.1, 0.15) is 25.3 Å². The van der Waals surface area contributed by atoms with Crippen molar-refractivity contribution in [2.45, 2.75) is 32.4 Å². The van der Waals surface area contributed by atoms with E-state index in [1.54, 1.807) is 0 Å². The summed E-state index contributed by atoms with van der Waals surface area (Å²) in [6.07, 6.45) is 8.40. The molecule has 1 aliphatic rings. The first-order valence-corrected chi connectivity index (χ1v) is 8.55. The van der Waals surface area contributed by atoms with Crippen molar-refractivity contribution in [2.24, 2.45) is 4.99 Å². The van der Waals surface area contributed by atoms with Crippen molar-refractivity contribution in [2.75, 3.05) is 6.54 Å². The van der Waals surface area contributed by atoms with Gasteiger partial charge >= 0.3 is 0 Å². The van der Waals surface area contributed by atoms with Crippen molar-refractivity contribution >= 4 is 29.9 Å². The number of halogens is 1. The zero-order valence-corrected chi connectivity index (χ0v) is 16.8. The average molecular weight is 448 g/mol. The Morgan fingerprint density at radius 2 is 2.00 bits per heavy atom. The lowest BCUT2D eigenvalue weighted by Crippen LogP contribution is -2.42. The number of benzene rings is 1. The number of nitrogens with zero attached hydrogens (tertiary/aromatic N) is 2. The Balaban J connectivity index is 0.00000225. The molecule has 2 aromatic rings. The number of hydrogen-bond acceptors (Lipinski definition) is 2. The molecule has 0 saturated carbocycles. The van der Waals surface area contributed by atoms with Gasteiger partial charge in [0.25, 0.3) is 0 Å². The number of pyridine rings is 1. The number of hydrogen-bond donors (Lipinski definition) is 2. The van der Waals surface area contributed by atoms with E-state index in [-0.39, 0.29) is 24.0 Å². The van der Waals surface area contributed by atoms with E-state index in [0.717, 1.165) is 36.6 Å². The summed E-state index contributed by atoms with van der Waals surface area (Å²) in [6.45, 7) is 3.60. The zero-order valence-electron chi connectivity index (χ0n) is 14.5. The van der Waals surface area contributed by atoms with Crippen LogP contribution in [0.5, 0.6) is 0 Å². The van der Waals surface area contributed by atoms with Crippen LogP contribution in [0.25, 0.3) is 11.3 Å². The van der Waals surface area contributed by atoms with Crippen LogP contribution >= 0.6 is 24.0 Å². The van der Waals surface area contributed by atoms with Crippen molar-refractivity contribution in [3.8, 4) is 11.3 Å². The van der Waals surface area contributed by atoms with Gasteiger partial charge in [0.05, 0.1) is 12.2 Å². The van der Waals surface area contributed by atoms with Crippen LogP contribution in [0.2, 0.25) is 0 Å². The highest BCUT2D eigenvalue weighted by Crippen LogP contribution is 2.18. The lowest BCUT2D eigenvalue weighted by Gasteiger charge is -2.16. The molecule has 0 unspecified atom stereocenters. The molecule has 0 spiro atoms. The molecule has 0 bridgehead atoms. The van der Waals surface area contributed by atoms with Gasteiger partial charge in [0.2, 0.25) is 0 Å². The Bertz CT molecular complexity index is 705. The lowest BCUT2D eigenvalue weighted by atomic mass is 10.1. The van der Waals surface area contributed by atoms with Crippen molar-refractivity contribution in [1.29, 1.82) is 0 Å². The third-order valence-corrected chi connectivity index (χ3v) is 4.00. The molecule has 5 heteroatoms. The Morgan fingerprint density at radius 3 is 2.72 bits per heavy atom. The van der Waals surface area contributed by atoms with Gasteiger partial charge in [-0.1, -0.05) is 36.4 Å². The second kappa shape index (κ2) is 10.2. The zero-order chi connectivity index (χ0) is 16.6. The molecule has 25 heavy (non-hydrogen) atoms. The van der Waals surface area contributed by atoms with E-state index in [2.05, 4.69) is 59.0 Å². The smallest absolute Gasteiger partial charge is 0.191 e. The largest absolute Gasteiger partial charge is 0.357 e. The van der Waals surface area contributed by atoms with Gasteiger partial charge in [-0.15, -0.1) is 24.0 Å². The van der Waals surface area contributed by atoms with Crippen molar-refractivity contribution in [1.82, 2.24) is 15.6 Å². The summed E-state index contributed by atoms with van der Waals surface area (Å²) in [5, 5.41) is 6.82. The predicted octanol–water partition coefficient (Wildman–Crippen LogP) is 4.14. The summed E-state index contributed by atoms with van der Waals surface area (Å²) in [7, 11) is 0. The molecule has 3 rings (SSSR count). The fraction of sp³-hybridized carbons (Fsp3) is 0.300. The molecule has 0 aliphatic heterocycles. The maximum absolute atomic E-state index is 4.73. The van der Waals surface area contributed by atoms with Crippen molar-refractivity contribution in [3.05, 3.63) is 66.4 Å². The molecule has 2 N–H and O–H groups in total. The summed E-state index contributed by atoms with van der Waals surface area (Å²) < 4.78 is 0. The van der Waals surface area contributed by atoms with Crippen molar-refractivity contribution in [3.63, 3.8) is 0 Å². The Kier molecular flexibility index (Phi) is 7.91. The summed E-state index contributed by atoms with van der Waals surface area (Å²) in [5.41, 5.74) is 3.30. The number of rotatable bonds is 5. The normalized spacial score (nSPS) is 14.2. The molecule has 1 aromatic heterocycles. The second-order valence-electron chi connectivity index (χ2n) is 5.89. The van der Waals surface area contributed by atoms with Crippen LogP contribution in [0, 0.1) is 0 Å². The van der Waals surface area contributed by atoms with Gasteiger partial charge < -0.3 is 10.6 Å². The molecule has 1 aromatic carbocycles. The summed E-state index contributed by atoms with van der Waals surface area (Å²) in [4.78, 5) is 9.14. The van der Waals surface area contributed by atoms with Crippen LogP contribution in [-0.2, 0) is 6.54 Å². The molecule has 0 fully saturated rings. The molecule has 132 valence electrons. The maximum atomic E-state index is 4.73. The molecular formula is C20H25IN4. The van der Waals surface area contributed by atoms with E-state index in [1.165, 1.54) is 5.56 Å². The predicted molar refractivity (Wildman–Crippen MR) is 115 cm³/mol. The van der Waals surface area contributed by atoms with Crippen LogP contribution < -0.4 is 10.6 Å². The molecule has 4 nitrogen and oxygen atoms in total. The molecule has 0 amide bonds. The fourth-order valence-electron chi connectivity index (χ4n) is 2.78. The van der Waals surface area contributed by atoms with E-state index in [9.17, 15) is 0 Å². The second-order valence-corrected chi connectivity index (χ2v) is 5.89. The minimum atomic E-state index is 0. The average Bonchev–Trinajstić information content (AvgIpc) is 3.14. The fourth-order valence-corrected chi connectivity index (χ4v) is 2.78. The van der Waals surface area contributed by atoms with Crippen LogP contribution in [0.3, 0.4) is 0 Å². The van der Waals surface area contributed by atoms with E-state index in [0.29, 0.717) is 12.6 Å². The van der Waals surface area contributed by atoms with E-state index >= 15 is 0 Å². The first kappa shape index (κ1) is 19.4. The third kappa shape index (κ3) is 5.85. The van der Waals surface area contributed by atoms with E-state index in [1.807, 2.05) is 24.4 Å². The van der Waals surface area contributed by atoms with E-state index < -0.39 is 0 Å². The molecule has 0 saturated heterocycles. The first-order chi connectivity index (χ1) is 11.8. The number of guanidine groups is 1. The Labute approximate surface area is 166 Å². The minimum Gasteiger partial charge on any atom is -0.357 e. The SMILES string of the molecule is CCNC(=NCc1cccc(-c2ccccn2)c1)NC1CC=CC1.I. The number of nitrogens with one attached hydrogen (secondary N) is 2. The highest BCUT2D eigenvalue weighted by atomic mass is 127. The summed E-state index contributed by atoms with van der Waals surface area (Å²) in [6, 6.07) is 14.9. The quantitative estimate of drug-likeness (QED) is 0.313. The molecule has 0 atom stereocenters. The summed E-state index contributed by atoms with van der Waals surface area (Å²) >= 11 is 0. The highest BCUT2D eigenvalue weighted by molar-refractivity contribution is 14.0. The molecule has 1 aliphatic carbocycles. The van der Waals surface area contributed by atoms with Crippen LogP contribution in [0.15, 0.2) is 65.8 Å². The highest BCUT2D eigenvalue weighted by Gasteiger charge is 2.11.